The highest BCUT2D eigenvalue weighted by molar-refractivity contribution is 5.96. The van der Waals surface area contributed by atoms with Crippen molar-refractivity contribution in [2.75, 3.05) is 0 Å². The second-order valence-corrected chi connectivity index (χ2v) is 4.16. The smallest absolute Gasteiger partial charge is 0.262 e. The standard InChI is InChI=1S/C14H15NO3/c1-10(16)13(17)12-8-5-9-15(12)14(18)11-6-3-2-4-7-11/h2-10,13,16-17H,1H3. The van der Waals surface area contributed by atoms with Crippen LogP contribution in [0.1, 0.15) is 29.1 Å². The van der Waals surface area contributed by atoms with E-state index in [0.29, 0.717) is 11.3 Å². The molecule has 0 aliphatic carbocycles. The van der Waals surface area contributed by atoms with Crippen molar-refractivity contribution in [2.45, 2.75) is 19.1 Å². The molecule has 0 spiro atoms. The third-order valence-electron chi connectivity index (χ3n) is 2.78. The zero-order valence-electron chi connectivity index (χ0n) is 10.0. The summed E-state index contributed by atoms with van der Waals surface area (Å²) in [5.74, 6) is -0.227. The Balaban J connectivity index is 2.35. The molecule has 2 rings (SSSR count). The Morgan fingerprint density at radius 3 is 2.39 bits per heavy atom. The minimum absolute atomic E-state index is 0.227. The fourth-order valence-electron chi connectivity index (χ4n) is 1.79. The Morgan fingerprint density at radius 2 is 1.78 bits per heavy atom. The van der Waals surface area contributed by atoms with E-state index in [9.17, 15) is 15.0 Å². The fraction of sp³-hybridized carbons (Fsp3) is 0.214. The first-order valence-electron chi connectivity index (χ1n) is 5.74. The molecule has 0 aliphatic rings. The van der Waals surface area contributed by atoms with Crippen LogP contribution < -0.4 is 0 Å². The Labute approximate surface area is 105 Å². The lowest BCUT2D eigenvalue weighted by Gasteiger charge is -2.16. The third-order valence-corrected chi connectivity index (χ3v) is 2.78. The molecule has 2 aromatic rings. The number of hydrogen-bond acceptors (Lipinski definition) is 3. The lowest BCUT2D eigenvalue weighted by atomic mass is 10.1. The van der Waals surface area contributed by atoms with Gasteiger partial charge in [0.2, 0.25) is 0 Å². The van der Waals surface area contributed by atoms with E-state index in [1.54, 1.807) is 42.6 Å². The van der Waals surface area contributed by atoms with Gasteiger partial charge in [-0.3, -0.25) is 9.36 Å². The van der Waals surface area contributed by atoms with Gasteiger partial charge in [0.15, 0.2) is 0 Å². The van der Waals surface area contributed by atoms with E-state index >= 15 is 0 Å². The van der Waals surface area contributed by atoms with Gasteiger partial charge < -0.3 is 10.2 Å². The highest BCUT2D eigenvalue weighted by Gasteiger charge is 2.20. The van der Waals surface area contributed by atoms with E-state index in [0.717, 1.165) is 0 Å². The van der Waals surface area contributed by atoms with Crippen molar-refractivity contribution in [3.63, 3.8) is 0 Å². The van der Waals surface area contributed by atoms with Crippen LogP contribution in [0.25, 0.3) is 0 Å². The molecule has 0 saturated heterocycles. The van der Waals surface area contributed by atoms with E-state index < -0.39 is 12.2 Å². The van der Waals surface area contributed by atoms with Gasteiger partial charge in [-0.15, -0.1) is 0 Å². The molecular formula is C14H15NO3. The van der Waals surface area contributed by atoms with Crippen molar-refractivity contribution in [1.82, 2.24) is 4.57 Å². The quantitative estimate of drug-likeness (QED) is 0.863. The second-order valence-electron chi connectivity index (χ2n) is 4.16. The number of aromatic nitrogens is 1. The van der Waals surface area contributed by atoms with Crippen molar-refractivity contribution >= 4 is 5.91 Å². The number of aliphatic hydroxyl groups excluding tert-OH is 2. The van der Waals surface area contributed by atoms with Gasteiger partial charge in [0.05, 0.1) is 11.8 Å². The molecule has 0 aliphatic heterocycles. The molecule has 0 radical (unpaired) electrons. The summed E-state index contributed by atoms with van der Waals surface area (Å²) in [6, 6.07) is 12.1. The zero-order chi connectivity index (χ0) is 13.1. The number of benzene rings is 1. The fourth-order valence-corrected chi connectivity index (χ4v) is 1.79. The number of aliphatic hydroxyl groups is 2. The van der Waals surface area contributed by atoms with Crippen molar-refractivity contribution in [1.29, 1.82) is 0 Å². The van der Waals surface area contributed by atoms with Crippen LogP contribution in [0, 0.1) is 0 Å². The largest absolute Gasteiger partial charge is 0.390 e. The highest BCUT2D eigenvalue weighted by Crippen LogP contribution is 2.18. The Morgan fingerprint density at radius 1 is 1.11 bits per heavy atom. The van der Waals surface area contributed by atoms with Crippen LogP contribution in [-0.2, 0) is 0 Å². The summed E-state index contributed by atoms with van der Waals surface area (Å²) in [6.07, 6.45) is -0.425. The van der Waals surface area contributed by atoms with E-state index in [1.165, 1.54) is 11.5 Å². The second kappa shape index (κ2) is 5.16. The molecule has 0 bridgehead atoms. The van der Waals surface area contributed by atoms with Crippen LogP contribution in [0.4, 0.5) is 0 Å². The van der Waals surface area contributed by atoms with E-state index in [1.807, 2.05) is 6.07 Å². The van der Waals surface area contributed by atoms with E-state index in [4.69, 9.17) is 0 Å². The zero-order valence-corrected chi connectivity index (χ0v) is 10.0. The van der Waals surface area contributed by atoms with E-state index in [2.05, 4.69) is 0 Å². The molecule has 4 heteroatoms. The molecule has 0 fully saturated rings. The molecule has 1 aromatic carbocycles. The van der Waals surface area contributed by atoms with Gasteiger partial charge in [-0.1, -0.05) is 18.2 Å². The number of carbonyl (C=O) groups is 1. The van der Waals surface area contributed by atoms with Gasteiger partial charge in [-0.05, 0) is 31.2 Å². The summed E-state index contributed by atoms with van der Waals surface area (Å²) in [5, 5.41) is 19.2. The lowest BCUT2D eigenvalue weighted by molar-refractivity contribution is 0.0258. The average Bonchev–Trinajstić information content (AvgIpc) is 2.87. The molecule has 94 valence electrons. The SMILES string of the molecule is CC(O)C(O)c1cccn1C(=O)c1ccccc1. The van der Waals surface area contributed by atoms with Crippen molar-refractivity contribution in [3.8, 4) is 0 Å². The molecule has 2 N–H and O–H groups in total. The maximum atomic E-state index is 12.2. The van der Waals surface area contributed by atoms with Gasteiger partial charge >= 0.3 is 0 Å². The van der Waals surface area contributed by atoms with Crippen LogP contribution in [-0.4, -0.2) is 26.8 Å². The molecular weight excluding hydrogens is 230 g/mol. The Kier molecular flexibility index (Phi) is 3.60. The molecule has 0 saturated carbocycles. The number of carbonyl (C=O) groups excluding carboxylic acids is 1. The minimum atomic E-state index is -1.08. The van der Waals surface area contributed by atoms with Crippen molar-refractivity contribution in [3.05, 3.63) is 59.9 Å². The summed E-state index contributed by atoms with van der Waals surface area (Å²) < 4.78 is 1.35. The van der Waals surface area contributed by atoms with Crippen LogP contribution in [0.15, 0.2) is 48.7 Å². The summed E-state index contributed by atoms with van der Waals surface area (Å²) in [7, 11) is 0. The number of rotatable bonds is 3. The van der Waals surface area contributed by atoms with Crippen LogP contribution >= 0.6 is 0 Å². The predicted molar refractivity (Wildman–Crippen MR) is 67.2 cm³/mol. The number of nitrogens with zero attached hydrogens (tertiary/aromatic N) is 1. The van der Waals surface area contributed by atoms with Crippen LogP contribution in [0.5, 0.6) is 0 Å². The average molecular weight is 245 g/mol. The summed E-state index contributed by atoms with van der Waals surface area (Å²) in [4.78, 5) is 12.2. The molecule has 1 heterocycles. The highest BCUT2D eigenvalue weighted by atomic mass is 16.3. The van der Waals surface area contributed by atoms with E-state index in [-0.39, 0.29) is 5.91 Å². The summed E-state index contributed by atoms with van der Waals surface area (Å²) in [6.45, 7) is 1.48. The summed E-state index contributed by atoms with van der Waals surface area (Å²) in [5.41, 5.74) is 0.923. The van der Waals surface area contributed by atoms with Gasteiger partial charge in [-0.2, -0.15) is 0 Å². The molecule has 2 atom stereocenters. The van der Waals surface area contributed by atoms with Gasteiger partial charge in [-0.25, -0.2) is 0 Å². The maximum absolute atomic E-state index is 12.2. The Bertz CT molecular complexity index is 531. The molecule has 2 unspecified atom stereocenters. The molecule has 0 amide bonds. The first kappa shape index (κ1) is 12.5. The van der Waals surface area contributed by atoms with Crippen LogP contribution in [0.2, 0.25) is 0 Å². The molecule has 1 aromatic heterocycles. The topological polar surface area (TPSA) is 62.5 Å². The van der Waals surface area contributed by atoms with Crippen molar-refractivity contribution < 1.29 is 15.0 Å². The summed E-state index contributed by atoms with van der Waals surface area (Å²) >= 11 is 0. The monoisotopic (exact) mass is 245 g/mol. The first-order chi connectivity index (χ1) is 8.61. The van der Waals surface area contributed by atoms with Crippen LogP contribution in [0.3, 0.4) is 0 Å². The van der Waals surface area contributed by atoms with Gasteiger partial charge in [0, 0.05) is 11.8 Å². The molecule has 18 heavy (non-hydrogen) atoms. The minimum Gasteiger partial charge on any atom is -0.390 e. The maximum Gasteiger partial charge on any atom is 0.262 e. The normalized spacial score (nSPS) is 14.2. The Hall–Kier alpha value is -1.91. The predicted octanol–water partition coefficient (Wildman–Crippen LogP) is 1.59. The number of hydrogen-bond donors (Lipinski definition) is 2. The van der Waals surface area contributed by atoms with Crippen molar-refractivity contribution in [2.24, 2.45) is 0 Å². The first-order valence-corrected chi connectivity index (χ1v) is 5.74. The van der Waals surface area contributed by atoms with Gasteiger partial charge in [0.1, 0.15) is 6.10 Å². The van der Waals surface area contributed by atoms with Gasteiger partial charge in [0.25, 0.3) is 5.91 Å². The third kappa shape index (κ3) is 2.34. The molecule has 4 nitrogen and oxygen atoms in total. The lowest BCUT2D eigenvalue weighted by Crippen LogP contribution is -2.21.